The van der Waals surface area contributed by atoms with Crippen LogP contribution in [0.2, 0.25) is 5.02 Å². The molecule has 1 N–H and O–H groups in total. The summed E-state index contributed by atoms with van der Waals surface area (Å²) in [4.78, 5) is 47.7. The number of nitrogens with one attached hydrogen (secondary N) is 1. The van der Waals surface area contributed by atoms with Crippen LogP contribution in [0.1, 0.15) is 51.1 Å². The van der Waals surface area contributed by atoms with Crippen LogP contribution >= 0.6 is 27.5 Å². The molecule has 2 atom stereocenters. The lowest BCUT2D eigenvalue weighted by Gasteiger charge is -2.39. The number of benzene rings is 1. The van der Waals surface area contributed by atoms with Crippen molar-refractivity contribution in [2.75, 3.05) is 43.0 Å². The first-order chi connectivity index (χ1) is 20.0. The van der Waals surface area contributed by atoms with Crippen LogP contribution in [0.15, 0.2) is 27.7 Å². The highest BCUT2D eigenvalue weighted by atomic mass is 79.9. The van der Waals surface area contributed by atoms with Crippen molar-refractivity contribution in [1.29, 1.82) is 0 Å². The van der Waals surface area contributed by atoms with E-state index >= 15 is 0 Å². The highest BCUT2D eigenvalue weighted by Gasteiger charge is 2.39. The number of alkyl halides is 3. The van der Waals surface area contributed by atoms with Gasteiger partial charge in [-0.15, -0.1) is 5.10 Å². The molecule has 12 nitrogen and oxygen atoms in total. The van der Waals surface area contributed by atoms with Gasteiger partial charge in [-0.2, -0.15) is 22.7 Å². The van der Waals surface area contributed by atoms with Crippen molar-refractivity contribution >= 4 is 56.7 Å². The molecule has 0 bridgehead atoms. The van der Waals surface area contributed by atoms with E-state index in [1.165, 1.54) is 0 Å². The summed E-state index contributed by atoms with van der Waals surface area (Å²) in [6.45, 7) is 8.05. The first-order valence-electron chi connectivity index (χ1n) is 13.3. The maximum atomic E-state index is 13.8. The molecule has 17 heteroatoms. The zero-order chi connectivity index (χ0) is 31.4. The smallest absolute Gasteiger partial charge is 0.416 e. The van der Waals surface area contributed by atoms with Crippen LogP contribution in [-0.2, 0) is 20.4 Å². The number of halogens is 5. The molecular weight excluding hydrogens is 663 g/mol. The lowest BCUT2D eigenvalue weighted by molar-refractivity contribution is -0.137. The highest BCUT2D eigenvalue weighted by Crippen LogP contribution is 2.37. The lowest BCUT2D eigenvalue weighted by atomic mass is 10.1. The Morgan fingerprint density at radius 3 is 2.44 bits per heavy atom. The second kappa shape index (κ2) is 11.3. The minimum absolute atomic E-state index is 0.0296. The molecule has 232 valence electrons. The van der Waals surface area contributed by atoms with Crippen LogP contribution in [0.4, 0.5) is 29.3 Å². The molecule has 0 spiro atoms. The number of piperazine rings is 1. The van der Waals surface area contributed by atoms with Crippen molar-refractivity contribution < 1.29 is 32.2 Å². The molecule has 3 aromatic rings. The first-order valence-corrected chi connectivity index (χ1v) is 14.4. The van der Waals surface area contributed by atoms with Crippen molar-refractivity contribution in [3.8, 4) is 0 Å². The molecule has 2 aliphatic heterocycles. The summed E-state index contributed by atoms with van der Waals surface area (Å²) in [6.07, 6.45) is -5.71. The number of rotatable bonds is 3. The van der Waals surface area contributed by atoms with Gasteiger partial charge >= 0.3 is 12.3 Å². The van der Waals surface area contributed by atoms with Crippen molar-refractivity contribution in [3.05, 3.63) is 49.6 Å². The number of aromatic nitrogens is 4. The van der Waals surface area contributed by atoms with E-state index in [-0.39, 0.29) is 59.7 Å². The van der Waals surface area contributed by atoms with Gasteiger partial charge in [0, 0.05) is 26.2 Å². The molecule has 2 aliphatic rings. The number of carbonyl (C=O) groups is 2. The van der Waals surface area contributed by atoms with E-state index < -0.39 is 47.0 Å². The average Bonchev–Trinajstić information content (AvgIpc) is 3.31. The van der Waals surface area contributed by atoms with Gasteiger partial charge in [-0.3, -0.25) is 14.2 Å². The molecule has 5 rings (SSSR count). The van der Waals surface area contributed by atoms with Gasteiger partial charge in [0.25, 0.3) is 5.56 Å². The van der Waals surface area contributed by atoms with Crippen molar-refractivity contribution in [1.82, 2.24) is 24.1 Å². The fourth-order valence-corrected chi connectivity index (χ4v) is 5.57. The normalized spacial score (nSPS) is 19.4. The Morgan fingerprint density at radius 2 is 1.84 bits per heavy atom. The molecule has 1 aromatic carbocycles. The van der Waals surface area contributed by atoms with Crippen LogP contribution in [0.3, 0.4) is 0 Å². The Balaban J connectivity index is 1.51. The van der Waals surface area contributed by atoms with E-state index in [2.05, 4.69) is 31.3 Å². The molecule has 43 heavy (non-hydrogen) atoms. The number of fused-ring (bicyclic) bond motifs is 3. The number of nitrogens with zero attached hydrogens (tertiary/aromatic N) is 6. The van der Waals surface area contributed by atoms with E-state index in [0.717, 1.165) is 22.7 Å². The summed E-state index contributed by atoms with van der Waals surface area (Å²) in [5.74, 6) is -0.586. The Labute approximate surface area is 256 Å². The first kappa shape index (κ1) is 31.1. The number of ether oxygens (including phenoxy) is 2. The van der Waals surface area contributed by atoms with Crippen LogP contribution in [0, 0.1) is 0 Å². The predicted octanol–water partition coefficient (Wildman–Crippen LogP) is 4.65. The number of carbonyl (C=O) groups excluding carboxylic acids is 2. The number of hydrogen-bond acceptors (Lipinski definition) is 8. The van der Waals surface area contributed by atoms with Gasteiger partial charge in [0.2, 0.25) is 16.4 Å². The molecule has 0 radical (unpaired) electrons. The van der Waals surface area contributed by atoms with E-state index in [9.17, 15) is 27.6 Å². The summed E-state index contributed by atoms with van der Waals surface area (Å²) in [7, 11) is 0. The van der Waals surface area contributed by atoms with E-state index in [0.29, 0.717) is 5.69 Å². The van der Waals surface area contributed by atoms with Gasteiger partial charge in [-0.05, 0) is 61.8 Å². The third-order valence-electron chi connectivity index (χ3n) is 6.98. The Morgan fingerprint density at radius 1 is 1.16 bits per heavy atom. The fourth-order valence-electron chi connectivity index (χ4n) is 5.03. The van der Waals surface area contributed by atoms with Crippen molar-refractivity contribution in [2.24, 2.45) is 0 Å². The zero-order valence-electron chi connectivity index (χ0n) is 23.5. The van der Waals surface area contributed by atoms with Gasteiger partial charge in [0.15, 0.2) is 0 Å². The summed E-state index contributed by atoms with van der Waals surface area (Å²) < 4.78 is 53.5. The van der Waals surface area contributed by atoms with E-state index in [1.807, 2.05) is 0 Å². The van der Waals surface area contributed by atoms with Crippen LogP contribution in [0.25, 0.3) is 5.78 Å². The SMILES string of the molecule is C[C@@H]1OC[C@H](C(=O)Nc2ccc(C(F)(F)F)cc2Cl)n2c1c(N1CCN(C(=O)OC(C)(C)C)CC1)c(=O)n1nc(Br)nc21. The minimum Gasteiger partial charge on any atom is -0.444 e. The van der Waals surface area contributed by atoms with Crippen molar-refractivity contribution in [3.63, 3.8) is 0 Å². The summed E-state index contributed by atoms with van der Waals surface area (Å²) in [6, 6.07) is 1.52. The third-order valence-corrected chi connectivity index (χ3v) is 7.63. The monoisotopic (exact) mass is 689 g/mol. The van der Waals surface area contributed by atoms with Crippen LogP contribution < -0.4 is 15.8 Å². The fraction of sp³-hybridized carbons (Fsp3) is 0.500. The number of amides is 2. The molecule has 0 unspecified atom stereocenters. The Kier molecular flexibility index (Phi) is 8.15. The topological polar surface area (TPSA) is 123 Å². The molecule has 2 amide bonds. The summed E-state index contributed by atoms with van der Waals surface area (Å²) in [5, 5.41) is 6.47. The molecule has 0 aliphatic carbocycles. The third kappa shape index (κ3) is 6.17. The minimum atomic E-state index is -4.61. The highest BCUT2D eigenvalue weighted by molar-refractivity contribution is 9.10. The lowest BCUT2D eigenvalue weighted by Crippen LogP contribution is -2.52. The van der Waals surface area contributed by atoms with Gasteiger partial charge in [0.1, 0.15) is 17.3 Å². The quantitative estimate of drug-likeness (QED) is 0.422. The number of anilines is 2. The standard InChI is InChI=1S/C26H28BrClF3N7O5/c1-13-18-19(35-7-9-36(10-8-35)24(41)43-25(2,3)4)21(40)38-23(33-22(27)34-38)37(18)17(12-42-13)20(39)32-16-6-5-14(11-15(16)28)26(29,30)31/h5-6,11,13,17H,7-10,12H2,1-4H3,(H,32,39)/t13-,17+/m0/s1. The second-order valence-corrected chi connectivity index (χ2v) is 12.2. The molecule has 0 saturated carbocycles. The predicted molar refractivity (Wildman–Crippen MR) is 153 cm³/mol. The zero-order valence-corrected chi connectivity index (χ0v) is 25.9. The van der Waals surface area contributed by atoms with Crippen LogP contribution in [-0.4, -0.2) is 74.5 Å². The largest absolute Gasteiger partial charge is 0.444 e. The van der Waals surface area contributed by atoms with E-state index in [4.69, 9.17) is 21.1 Å². The second-order valence-electron chi connectivity index (χ2n) is 11.1. The molecule has 1 fully saturated rings. The maximum absolute atomic E-state index is 13.8. The van der Waals surface area contributed by atoms with Crippen molar-refractivity contribution in [2.45, 2.75) is 51.6 Å². The Bertz CT molecular complexity index is 1650. The van der Waals surface area contributed by atoms with Crippen LogP contribution in [0.5, 0.6) is 0 Å². The van der Waals surface area contributed by atoms with E-state index in [1.54, 1.807) is 42.1 Å². The maximum Gasteiger partial charge on any atom is 0.416 e. The molecule has 4 heterocycles. The summed E-state index contributed by atoms with van der Waals surface area (Å²) >= 11 is 9.29. The van der Waals surface area contributed by atoms with Gasteiger partial charge < -0.3 is 24.6 Å². The van der Waals surface area contributed by atoms with Gasteiger partial charge in [-0.25, -0.2) is 4.79 Å². The summed E-state index contributed by atoms with van der Waals surface area (Å²) in [5.41, 5.74) is -1.55. The van der Waals surface area contributed by atoms with Gasteiger partial charge in [-0.1, -0.05) is 11.6 Å². The van der Waals surface area contributed by atoms with Gasteiger partial charge in [0.05, 0.1) is 34.7 Å². The molecular formula is C26H28BrClF3N7O5. The molecule has 2 aromatic heterocycles. The average molecular weight is 691 g/mol. The Hall–Kier alpha value is -3.37. The molecule has 1 saturated heterocycles. The number of hydrogen-bond donors (Lipinski definition) is 1.